The van der Waals surface area contributed by atoms with E-state index in [1.807, 2.05) is 87.5 Å². The van der Waals surface area contributed by atoms with E-state index in [0.717, 1.165) is 22.4 Å². The summed E-state index contributed by atoms with van der Waals surface area (Å²) in [6.07, 6.45) is 4.77. The van der Waals surface area contributed by atoms with Crippen LogP contribution >= 0.6 is 0 Å². The summed E-state index contributed by atoms with van der Waals surface area (Å²) in [5.74, 6) is 1.12. The molecular weight excluding hydrogens is 402 g/mol. The molecule has 2 aromatic carbocycles. The Bertz CT molecular complexity index is 1190. The van der Waals surface area contributed by atoms with Crippen molar-refractivity contribution in [2.75, 3.05) is 4.90 Å². The van der Waals surface area contributed by atoms with Crippen LogP contribution in [0.15, 0.2) is 89.1 Å². The van der Waals surface area contributed by atoms with E-state index in [1.165, 1.54) is 0 Å². The molecule has 0 radical (unpaired) electrons. The van der Waals surface area contributed by atoms with E-state index in [1.54, 1.807) is 11.2 Å². The van der Waals surface area contributed by atoms with Gasteiger partial charge in [0.1, 0.15) is 5.60 Å². The number of rotatable bonds is 3. The average Bonchev–Trinajstić information content (AvgIpc) is 3.46. The summed E-state index contributed by atoms with van der Waals surface area (Å²) in [6, 6.07) is 21.7. The molecule has 5 nitrogen and oxygen atoms in total. The topological polar surface area (TPSA) is 51.9 Å². The maximum Gasteiger partial charge on any atom is 0.417 e. The zero-order valence-electron chi connectivity index (χ0n) is 18.3. The Hall–Kier alpha value is -3.73. The molecule has 3 aromatic rings. The van der Waals surface area contributed by atoms with Gasteiger partial charge in [0.15, 0.2) is 17.7 Å². The van der Waals surface area contributed by atoms with Gasteiger partial charge in [0.2, 0.25) is 0 Å². The van der Waals surface area contributed by atoms with Gasteiger partial charge in [-0.15, -0.1) is 0 Å². The van der Waals surface area contributed by atoms with E-state index in [0.29, 0.717) is 11.5 Å². The van der Waals surface area contributed by atoms with Crippen LogP contribution in [0.25, 0.3) is 11.8 Å². The van der Waals surface area contributed by atoms with E-state index in [-0.39, 0.29) is 5.92 Å². The van der Waals surface area contributed by atoms with Crippen molar-refractivity contribution < 1.29 is 18.7 Å². The Balaban J connectivity index is 1.60. The number of amides is 1. The number of fused-ring (bicyclic) bond motifs is 3. The summed E-state index contributed by atoms with van der Waals surface area (Å²) in [5.41, 5.74) is 3.26. The molecule has 2 aliphatic heterocycles. The zero-order chi connectivity index (χ0) is 22.3. The van der Waals surface area contributed by atoms with Crippen LogP contribution in [-0.2, 0) is 9.47 Å². The van der Waals surface area contributed by atoms with Gasteiger partial charge in [0, 0.05) is 5.57 Å². The molecule has 0 unspecified atom stereocenters. The van der Waals surface area contributed by atoms with Crippen LogP contribution in [0.3, 0.4) is 0 Å². The second-order valence-corrected chi connectivity index (χ2v) is 8.90. The number of ether oxygens (including phenoxy) is 2. The number of benzene rings is 2. The molecule has 1 aromatic heterocycles. The van der Waals surface area contributed by atoms with E-state index < -0.39 is 17.9 Å². The van der Waals surface area contributed by atoms with Gasteiger partial charge >= 0.3 is 6.09 Å². The first-order valence-electron chi connectivity index (χ1n) is 10.7. The summed E-state index contributed by atoms with van der Waals surface area (Å²) in [6.45, 7) is 5.58. The maximum atomic E-state index is 13.2. The first-order valence-corrected chi connectivity index (χ1v) is 10.7. The van der Waals surface area contributed by atoms with Gasteiger partial charge in [-0.3, -0.25) is 0 Å². The quantitative estimate of drug-likeness (QED) is 0.473. The molecular formula is C27H25NO4. The standard InChI is InChI=1S/C27H25NO4/c1-27(2,3)32-26(29)28-21-13-8-7-12-19(21)23-20(16-15-18-10-5-4-6-11-18)24(31-25(23)28)22-14-9-17-30-22/h4-17,23,25H,1-3H3/b16-15+/t23-,25+/m0/s1. The molecule has 0 N–H and O–H groups in total. The Morgan fingerprint density at radius 1 is 0.969 bits per heavy atom. The van der Waals surface area contributed by atoms with Gasteiger partial charge in [0.05, 0.1) is 17.9 Å². The molecule has 2 aliphatic rings. The van der Waals surface area contributed by atoms with Gasteiger partial charge in [-0.05, 0) is 50.1 Å². The lowest BCUT2D eigenvalue weighted by atomic mass is 9.91. The predicted molar refractivity (Wildman–Crippen MR) is 124 cm³/mol. The van der Waals surface area contributed by atoms with E-state index in [9.17, 15) is 4.79 Å². The number of hydrogen-bond acceptors (Lipinski definition) is 4. The highest BCUT2D eigenvalue weighted by Crippen LogP contribution is 2.53. The molecule has 0 spiro atoms. The van der Waals surface area contributed by atoms with Crippen molar-refractivity contribution in [1.82, 2.24) is 0 Å². The molecule has 0 aliphatic carbocycles. The molecule has 5 heteroatoms. The Kier molecular flexibility index (Phi) is 4.89. The van der Waals surface area contributed by atoms with Crippen LogP contribution in [-0.4, -0.2) is 17.9 Å². The molecule has 0 fully saturated rings. The van der Waals surface area contributed by atoms with Crippen LogP contribution in [0.5, 0.6) is 0 Å². The van der Waals surface area contributed by atoms with Gasteiger partial charge in [0.25, 0.3) is 0 Å². The fourth-order valence-electron chi connectivity index (χ4n) is 4.23. The molecule has 3 heterocycles. The Labute approximate surface area is 187 Å². The smallest absolute Gasteiger partial charge is 0.417 e. The third-order valence-corrected chi connectivity index (χ3v) is 5.50. The monoisotopic (exact) mass is 427 g/mol. The van der Waals surface area contributed by atoms with E-state index in [2.05, 4.69) is 12.2 Å². The largest absolute Gasteiger partial charge is 0.465 e. The first kappa shape index (κ1) is 20.2. The van der Waals surface area contributed by atoms with Crippen molar-refractivity contribution in [3.05, 3.63) is 102 Å². The summed E-state index contributed by atoms with van der Waals surface area (Å²) in [5, 5.41) is 0. The summed E-state index contributed by atoms with van der Waals surface area (Å²) in [7, 11) is 0. The van der Waals surface area contributed by atoms with Crippen LogP contribution in [0.1, 0.15) is 43.6 Å². The Morgan fingerprint density at radius 2 is 1.72 bits per heavy atom. The molecule has 0 bridgehead atoms. The van der Waals surface area contributed by atoms with Crippen LogP contribution in [0.2, 0.25) is 0 Å². The SMILES string of the molecule is CC(C)(C)OC(=O)N1c2ccccc2[C@H]2C(/C=C/c3ccccc3)=C(c3ccco3)O[C@H]21. The number of nitrogens with zero attached hydrogens (tertiary/aromatic N) is 1. The number of allylic oxidation sites excluding steroid dienone is 1. The van der Waals surface area contributed by atoms with Crippen molar-refractivity contribution in [2.45, 2.75) is 38.5 Å². The number of anilines is 1. The van der Waals surface area contributed by atoms with Gasteiger partial charge in [-0.2, -0.15) is 0 Å². The molecule has 1 amide bonds. The first-order chi connectivity index (χ1) is 15.4. The molecule has 5 rings (SSSR count). The van der Waals surface area contributed by atoms with Crippen molar-refractivity contribution >= 4 is 23.6 Å². The Morgan fingerprint density at radius 3 is 2.44 bits per heavy atom. The number of carbonyl (C=O) groups is 1. The van der Waals surface area contributed by atoms with Crippen molar-refractivity contribution in [3.8, 4) is 0 Å². The lowest BCUT2D eigenvalue weighted by molar-refractivity contribution is 0.0490. The summed E-state index contributed by atoms with van der Waals surface area (Å²) in [4.78, 5) is 14.8. The fourth-order valence-corrected chi connectivity index (χ4v) is 4.23. The third-order valence-electron chi connectivity index (χ3n) is 5.50. The highest BCUT2D eigenvalue weighted by molar-refractivity contribution is 5.94. The highest BCUT2D eigenvalue weighted by Gasteiger charge is 2.51. The fraction of sp³-hybridized carbons (Fsp3) is 0.222. The van der Waals surface area contributed by atoms with Crippen molar-refractivity contribution in [3.63, 3.8) is 0 Å². The van der Waals surface area contributed by atoms with Gasteiger partial charge in [-0.1, -0.05) is 60.7 Å². The molecule has 162 valence electrons. The minimum Gasteiger partial charge on any atom is -0.465 e. The van der Waals surface area contributed by atoms with E-state index >= 15 is 0 Å². The van der Waals surface area contributed by atoms with Crippen molar-refractivity contribution in [1.29, 1.82) is 0 Å². The number of furan rings is 1. The predicted octanol–water partition coefficient (Wildman–Crippen LogP) is 6.60. The second kappa shape index (κ2) is 7.75. The highest BCUT2D eigenvalue weighted by atomic mass is 16.6. The van der Waals surface area contributed by atoms with Crippen LogP contribution in [0, 0.1) is 0 Å². The third kappa shape index (κ3) is 3.60. The normalized spacial score (nSPS) is 19.8. The van der Waals surface area contributed by atoms with Crippen LogP contribution in [0.4, 0.5) is 10.5 Å². The maximum absolute atomic E-state index is 13.2. The van der Waals surface area contributed by atoms with Gasteiger partial charge < -0.3 is 13.9 Å². The second-order valence-electron chi connectivity index (χ2n) is 8.90. The molecule has 0 saturated heterocycles. The minimum absolute atomic E-state index is 0.154. The zero-order valence-corrected chi connectivity index (χ0v) is 18.3. The average molecular weight is 428 g/mol. The molecule has 2 atom stereocenters. The molecule has 32 heavy (non-hydrogen) atoms. The lowest BCUT2D eigenvalue weighted by Gasteiger charge is -2.28. The van der Waals surface area contributed by atoms with Crippen molar-refractivity contribution in [2.24, 2.45) is 0 Å². The number of carbonyl (C=O) groups excluding carboxylic acids is 1. The summed E-state index contributed by atoms with van der Waals surface area (Å²) >= 11 is 0. The molecule has 0 saturated carbocycles. The van der Waals surface area contributed by atoms with Crippen LogP contribution < -0.4 is 4.90 Å². The number of para-hydroxylation sites is 1. The lowest BCUT2D eigenvalue weighted by Crippen LogP contribution is -2.42. The van der Waals surface area contributed by atoms with Gasteiger partial charge in [-0.25, -0.2) is 9.69 Å². The summed E-state index contributed by atoms with van der Waals surface area (Å²) < 4.78 is 17.8. The number of hydrogen-bond donors (Lipinski definition) is 0. The minimum atomic E-state index is -0.615. The van der Waals surface area contributed by atoms with E-state index in [4.69, 9.17) is 13.9 Å².